The van der Waals surface area contributed by atoms with Crippen LogP contribution in [0.15, 0.2) is 24.3 Å². The predicted molar refractivity (Wildman–Crippen MR) is 93.5 cm³/mol. The molecule has 122 valence electrons. The fraction of sp³-hybridized carbons (Fsp3) is 0.647. The van der Waals surface area contributed by atoms with E-state index < -0.39 is 8.32 Å². The van der Waals surface area contributed by atoms with E-state index in [-0.39, 0.29) is 0 Å². The van der Waals surface area contributed by atoms with Gasteiger partial charge in [0, 0.05) is 31.3 Å². The zero-order valence-electron chi connectivity index (χ0n) is 13.2. The summed E-state index contributed by atoms with van der Waals surface area (Å²) in [4.78, 5) is 2.45. The van der Waals surface area contributed by atoms with Gasteiger partial charge in [-0.25, -0.2) is 0 Å². The van der Waals surface area contributed by atoms with Crippen LogP contribution in [0.4, 0.5) is 0 Å². The molecular formula is C17H26ClNO2Si. The van der Waals surface area contributed by atoms with Crippen molar-refractivity contribution in [1.29, 1.82) is 0 Å². The number of hydrogen-bond donors (Lipinski definition) is 0. The van der Waals surface area contributed by atoms with Crippen molar-refractivity contribution in [3.8, 4) is 0 Å². The Morgan fingerprint density at radius 1 is 1.05 bits per heavy atom. The first-order valence-electron chi connectivity index (χ1n) is 8.49. The van der Waals surface area contributed by atoms with Crippen LogP contribution in [0.25, 0.3) is 0 Å². The van der Waals surface area contributed by atoms with Crippen LogP contribution in [0.5, 0.6) is 0 Å². The van der Waals surface area contributed by atoms with Crippen LogP contribution in [0.2, 0.25) is 17.1 Å². The second-order valence-electron chi connectivity index (χ2n) is 6.36. The molecule has 0 aliphatic carbocycles. The van der Waals surface area contributed by atoms with Crippen molar-refractivity contribution < 1.29 is 9.16 Å². The van der Waals surface area contributed by atoms with E-state index in [0.29, 0.717) is 0 Å². The Morgan fingerprint density at radius 3 is 2.41 bits per heavy atom. The maximum absolute atomic E-state index is 6.61. The number of halogens is 1. The number of hydrogen-bond acceptors (Lipinski definition) is 3. The lowest BCUT2D eigenvalue weighted by Gasteiger charge is -2.36. The molecule has 1 aromatic carbocycles. The molecular weight excluding hydrogens is 314 g/mol. The van der Waals surface area contributed by atoms with Gasteiger partial charge in [0.25, 0.3) is 0 Å². The summed E-state index contributed by atoms with van der Waals surface area (Å²) >= 11 is 6.06. The monoisotopic (exact) mass is 339 g/mol. The van der Waals surface area contributed by atoms with Crippen LogP contribution in [-0.2, 0) is 9.16 Å². The molecule has 0 bridgehead atoms. The Morgan fingerprint density at radius 2 is 1.73 bits per heavy atom. The molecule has 0 aromatic heterocycles. The first kappa shape index (κ1) is 16.5. The van der Waals surface area contributed by atoms with E-state index >= 15 is 0 Å². The molecule has 3 nitrogen and oxygen atoms in total. The topological polar surface area (TPSA) is 21.7 Å². The van der Waals surface area contributed by atoms with E-state index in [9.17, 15) is 0 Å². The predicted octanol–water partition coefficient (Wildman–Crippen LogP) is 3.03. The normalized spacial score (nSPS) is 22.6. The van der Waals surface area contributed by atoms with Gasteiger partial charge in [-0.05, 0) is 29.4 Å². The van der Waals surface area contributed by atoms with Gasteiger partial charge in [0.2, 0.25) is 8.32 Å². The van der Waals surface area contributed by atoms with Crippen molar-refractivity contribution in [3.05, 3.63) is 29.3 Å². The Balaban J connectivity index is 1.62. The average molecular weight is 340 g/mol. The number of rotatable bonds is 5. The molecule has 2 saturated heterocycles. The van der Waals surface area contributed by atoms with Gasteiger partial charge in [0.1, 0.15) is 0 Å². The van der Waals surface area contributed by atoms with Crippen molar-refractivity contribution >= 4 is 25.1 Å². The number of ether oxygens (including phenoxy) is 1. The van der Waals surface area contributed by atoms with Gasteiger partial charge in [-0.2, -0.15) is 0 Å². The molecule has 2 fully saturated rings. The van der Waals surface area contributed by atoms with E-state index in [1.807, 2.05) is 12.1 Å². The molecule has 0 saturated carbocycles. The van der Waals surface area contributed by atoms with Crippen molar-refractivity contribution in [3.63, 3.8) is 0 Å². The summed E-state index contributed by atoms with van der Waals surface area (Å²) in [5.74, 6) is 0. The third kappa shape index (κ3) is 4.12. The van der Waals surface area contributed by atoms with Gasteiger partial charge in [-0.3, -0.25) is 4.90 Å². The molecule has 1 aromatic rings. The second kappa shape index (κ2) is 7.93. The molecule has 5 heteroatoms. The zero-order valence-corrected chi connectivity index (χ0v) is 15.0. The average Bonchev–Trinajstić information content (AvgIpc) is 2.57. The van der Waals surface area contributed by atoms with Crippen molar-refractivity contribution in [2.24, 2.45) is 0 Å². The minimum Gasteiger partial charge on any atom is -0.411 e. The van der Waals surface area contributed by atoms with Gasteiger partial charge in [-0.1, -0.05) is 43.0 Å². The van der Waals surface area contributed by atoms with E-state index in [4.69, 9.17) is 20.8 Å². The third-order valence-corrected chi connectivity index (χ3v) is 9.64. The molecule has 22 heavy (non-hydrogen) atoms. The minimum absolute atomic E-state index is 0.817. The van der Waals surface area contributed by atoms with Gasteiger partial charge in [-0.15, -0.1) is 0 Å². The highest BCUT2D eigenvalue weighted by Gasteiger charge is 2.38. The Kier molecular flexibility index (Phi) is 5.93. The van der Waals surface area contributed by atoms with Crippen LogP contribution < -0.4 is 5.19 Å². The molecule has 0 N–H and O–H groups in total. The zero-order chi connectivity index (χ0) is 15.3. The minimum atomic E-state index is -1.78. The summed E-state index contributed by atoms with van der Waals surface area (Å²) < 4.78 is 12.0. The van der Waals surface area contributed by atoms with Gasteiger partial charge in [0.05, 0.1) is 13.2 Å². The summed E-state index contributed by atoms with van der Waals surface area (Å²) in [5.41, 5.74) is 0. The van der Waals surface area contributed by atoms with Crippen molar-refractivity contribution in [2.75, 3.05) is 39.5 Å². The number of morpholine rings is 1. The Labute approximate surface area is 139 Å². The van der Waals surface area contributed by atoms with Gasteiger partial charge >= 0.3 is 0 Å². The summed E-state index contributed by atoms with van der Waals surface area (Å²) in [7, 11) is -1.78. The quantitative estimate of drug-likeness (QED) is 0.770. The highest BCUT2D eigenvalue weighted by Crippen LogP contribution is 2.29. The molecule has 2 aliphatic heterocycles. The van der Waals surface area contributed by atoms with E-state index in [0.717, 1.165) is 44.5 Å². The second-order valence-corrected chi connectivity index (χ2v) is 10.7. The van der Waals surface area contributed by atoms with Crippen LogP contribution in [0.1, 0.15) is 19.3 Å². The summed E-state index contributed by atoms with van der Waals surface area (Å²) in [6.07, 6.45) is 3.98. The molecule has 3 rings (SSSR count). The molecule has 0 unspecified atom stereocenters. The third-order valence-electron chi connectivity index (χ3n) is 4.92. The first-order chi connectivity index (χ1) is 10.8. The smallest absolute Gasteiger partial charge is 0.224 e. The van der Waals surface area contributed by atoms with E-state index in [1.54, 1.807) is 0 Å². The standard InChI is InChI=1S/C17H26ClNO2Si/c18-16-4-6-17(7-5-16)22(14-2-1-3-15-22)21-13-10-19-8-11-20-12-9-19/h4-7H,1-3,8-15H2. The highest BCUT2D eigenvalue weighted by molar-refractivity contribution is 6.86. The van der Waals surface area contributed by atoms with Crippen molar-refractivity contribution in [2.45, 2.75) is 31.4 Å². The number of benzene rings is 1. The fourth-order valence-electron chi connectivity index (χ4n) is 3.59. The van der Waals surface area contributed by atoms with Crippen LogP contribution in [-0.4, -0.2) is 52.7 Å². The summed E-state index contributed by atoms with van der Waals surface area (Å²) in [5, 5.41) is 2.25. The van der Waals surface area contributed by atoms with Gasteiger partial charge < -0.3 is 9.16 Å². The van der Waals surface area contributed by atoms with Crippen LogP contribution in [0, 0.1) is 0 Å². The molecule has 2 heterocycles. The fourth-order valence-corrected chi connectivity index (χ4v) is 7.89. The number of nitrogens with zero attached hydrogens (tertiary/aromatic N) is 1. The highest BCUT2D eigenvalue weighted by atomic mass is 35.5. The first-order valence-corrected chi connectivity index (χ1v) is 11.2. The van der Waals surface area contributed by atoms with Crippen molar-refractivity contribution in [1.82, 2.24) is 4.90 Å². The summed E-state index contributed by atoms with van der Waals surface area (Å²) in [6, 6.07) is 11.0. The molecule has 0 amide bonds. The lowest BCUT2D eigenvalue weighted by Crippen LogP contribution is -2.53. The maximum Gasteiger partial charge on any atom is 0.224 e. The molecule has 2 aliphatic rings. The van der Waals surface area contributed by atoms with E-state index in [2.05, 4.69) is 17.0 Å². The molecule has 0 radical (unpaired) electrons. The lowest BCUT2D eigenvalue weighted by molar-refractivity contribution is 0.0317. The SMILES string of the molecule is Clc1ccc([Si]2(OCCN3CCOCC3)CCCCC2)cc1. The van der Waals surface area contributed by atoms with Crippen LogP contribution in [0.3, 0.4) is 0 Å². The van der Waals surface area contributed by atoms with Crippen LogP contribution >= 0.6 is 11.6 Å². The summed E-state index contributed by atoms with van der Waals surface area (Å²) in [6.45, 7) is 5.69. The largest absolute Gasteiger partial charge is 0.411 e. The molecule has 0 spiro atoms. The lowest BCUT2D eigenvalue weighted by atomic mass is 10.3. The van der Waals surface area contributed by atoms with E-state index in [1.165, 1.54) is 36.5 Å². The van der Waals surface area contributed by atoms with Gasteiger partial charge in [0.15, 0.2) is 0 Å². The molecule has 0 atom stereocenters. The Hall–Kier alpha value is -0.393. The maximum atomic E-state index is 6.61. The Bertz CT molecular complexity index is 456.